The molecule has 0 nitrogen and oxygen atoms in total. The van der Waals surface area contributed by atoms with E-state index in [-0.39, 0.29) is 0 Å². The molecule has 0 saturated carbocycles. The van der Waals surface area contributed by atoms with Gasteiger partial charge in [0, 0.05) is 0 Å². The van der Waals surface area contributed by atoms with Crippen molar-refractivity contribution in [2.45, 2.75) is 74.7 Å². The molecule has 97 valence electrons. The van der Waals surface area contributed by atoms with Crippen molar-refractivity contribution in [3.63, 3.8) is 0 Å². The molecule has 0 unspecified atom stereocenters. The third kappa shape index (κ3) is 11.4. The molecule has 0 fully saturated rings. The molecular formula is C15H33Zr. The summed E-state index contributed by atoms with van der Waals surface area (Å²) < 4.78 is 4.64. The molecule has 0 aromatic rings. The fourth-order valence-corrected chi connectivity index (χ4v) is 14.4. The van der Waals surface area contributed by atoms with Crippen LogP contribution in [0.15, 0.2) is 0 Å². The summed E-state index contributed by atoms with van der Waals surface area (Å²) in [6.45, 7) is 21.7. The van der Waals surface area contributed by atoms with Gasteiger partial charge in [-0.15, -0.1) is 0 Å². The second-order valence-corrected chi connectivity index (χ2v) is 15.3. The van der Waals surface area contributed by atoms with E-state index >= 15 is 0 Å². The molecule has 0 aromatic carbocycles. The minimum absolute atomic E-state index is 0.547. The van der Waals surface area contributed by atoms with Crippen molar-refractivity contribution in [1.82, 2.24) is 0 Å². The molecule has 0 radical (unpaired) electrons. The topological polar surface area (TPSA) is 0 Å². The summed E-state index contributed by atoms with van der Waals surface area (Å²) in [4.78, 5) is 0. The van der Waals surface area contributed by atoms with Gasteiger partial charge in [-0.1, -0.05) is 0 Å². The van der Waals surface area contributed by atoms with E-state index in [2.05, 4.69) is 62.3 Å². The Morgan fingerprint density at radius 3 is 0.812 bits per heavy atom. The Labute approximate surface area is 112 Å². The summed E-state index contributed by atoms with van der Waals surface area (Å²) in [7, 11) is 0. The average Bonchev–Trinajstić information content (AvgIpc) is 1.70. The summed E-state index contributed by atoms with van der Waals surface area (Å²) in [6.07, 6.45) is 0. The molecule has 0 heterocycles. The van der Waals surface area contributed by atoms with Crippen LogP contribution in [0.25, 0.3) is 0 Å². The van der Waals surface area contributed by atoms with E-state index in [4.69, 9.17) is 0 Å². The minimum atomic E-state index is -1.22. The van der Waals surface area contributed by atoms with E-state index in [1.807, 2.05) is 0 Å². The number of hydrogen-bond acceptors (Lipinski definition) is 0. The van der Waals surface area contributed by atoms with Gasteiger partial charge in [0.05, 0.1) is 0 Å². The van der Waals surface area contributed by atoms with Crippen LogP contribution in [0.2, 0.25) is 12.4 Å². The van der Waals surface area contributed by atoms with Gasteiger partial charge in [0.2, 0.25) is 0 Å². The quantitative estimate of drug-likeness (QED) is 0.600. The third-order valence-electron chi connectivity index (χ3n) is 2.34. The van der Waals surface area contributed by atoms with Gasteiger partial charge in [0.15, 0.2) is 0 Å². The van der Waals surface area contributed by atoms with Gasteiger partial charge in [-0.3, -0.25) is 0 Å². The van der Waals surface area contributed by atoms with E-state index in [0.717, 1.165) is 0 Å². The maximum atomic E-state index is 2.42. The molecule has 16 heavy (non-hydrogen) atoms. The molecule has 0 rings (SSSR count). The van der Waals surface area contributed by atoms with Crippen molar-refractivity contribution in [3.8, 4) is 0 Å². The third-order valence-corrected chi connectivity index (χ3v) is 13.8. The first kappa shape index (κ1) is 16.9. The molecule has 0 spiro atoms. The zero-order valence-electron chi connectivity index (χ0n) is 13.1. The first-order valence-electron chi connectivity index (χ1n) is 6.62. The van der Waals surface area contributed by atoms with Crippen LogP contribution in [-0.2, 0) is 21.8 Å². The van der Waals surface area contributed by atoms with Gasteiger partial charge in [-0.25, -0.2) is 0 Å². The van der Waals surface area contributed by atoms with Crippen molar-refractivity contribution in [2.75, 3.05) is 0 Å². The molecular weight excluding hydrogens is 271 g/mol. The predicted octanol–water partition coefficient (Wildman–Crippen LogP) is 6.00. The van der Waals surface area contributed by atoms with Crippen LogP contribution in [-0.4, -0.2) is 0 Å². The number of hydrogen-bond donors (Lipinski definition) is 0. The van der Waals surface area contributed by atoms with E-state index < -0.39 is 21.8 Å². The molecule has 0 amide bonds. The molecule has 0 saturated heterocycles. The second-order valence-electron chi connectivity index (χ2n) is 8.96. The zero-order valence-corrected chi connectivity index (χ0v) is 15.6. The molecule has 0 atom stereocenters. The van der Waals surface area contributed by atoms with Crippen LogP contribution in [0.5, 0.6) is 0 Å². The summed E-state index contributed by atoms with van der Waals surface area (Å²) in [6, 6.07) is 0. The van der Waals surface area contributed by atoms with Crippen molar-refractivity contribution in [3.05, 3.63) is 0 Å². The molecule has 0 aliphatic rings. The van der Waals surface area contributed by atoms with Crippen molar-refractivity contribution in [2.24, 2.45) is 16.2 Å². The standard InChI is InChI=1S/3C5H11.Zr/c3*1-5(2,3)4;/h3*1H2,2-4H3;. The van der Waals surface area contributed by atoms with Crippen LogP contribution in [0.3, 0.4) is 0 Å². The van der Waals surface area contributed by atoms with Crippen molar-refractivity contribution in [1.29, 1.82) is 0 Å². The average molecular weight is 305 g/mol. The van der Waals surface area contributed by atoms with Gasteiger partial charge in [-0.2, -0.15) is 0 Å². The van der Waals surface area contributed by atoms with Gasteiger partial charge >= 0.3 is 113 Å². The van der Waals surface area contributed by atoms with E-state index in [9.17, 15) is 0 Å². The Bertz CT molecular complexity index is 159. The second kappa shape index (κ2) is 5.68. The fraction of sp³-hybridized carbons (Fsp3) is 1.00. The van der Waals surface area contributed by atoms with E-state index in [1.54, 1.807) is 12.4 Å². The Hall–Kier alpha value is 0.883. The summed E-state index contributed by atoms with van der Waals surface area (Å²) in [5.41, 5.74) is 1.64. The first-order valence-corrected chi connectivity index (χ1v) is 11.8. The van der Waals surface area contributed by atoms with Gasteiger partial charge in [0.1, 0.15) is 0 Å². The fourth-order valence-electron chi connectivity index (χ4n) is 2.44. The normalized spacial score (nSPS) is 14.1. The van der Waals surface area contributed by atoms with Crippen molar-refractivity contribution < 1.29 is 21.8 Å². The van der Waals surface area contributed by atoms with Crippen LogP contribution in [0.1, 0.15) is 62.3 Å². The molecule has 0 N–H and O–H groups in total. The first-order chi connectivity index (χ1) is 6.79. The maximum absolute atomic E-state index is 2.42. The van der Waals surface area contributed by atoms with Crippen molar-refractivity contribution >= 4 is 0 Å². The van der Waals surface area contributed by atoms with Crippen LogP contribution >= 0.6 is 0 Å². The zero-order chi connectivity index (χ0) is 13.2. The Morgan fingerprint density at radius 2 is 0.688 bits per heavy atom. The number of rotatable bonds is 3. The van der Waals surface area contributed by atoms with E-state index in [1.165, 1.54) is 0 Å². The van der Waals surface area contributed by atoms with Gasteiger partial charge < -0.3 is 0 Å². The molecule has 0 bridgehead atoms. The monoisotopic (exact) mass is 303 g/mol. The summed E-state index contributed by atoms with van der Waals surface area (Å²) in [5, 5.41) is 0. The Kier molecular flexibility index (Phi) is 6.00. The van der Waals surface area contributed by atoms with E-state index in [0.29, 0.717) is 16.2 Å². The summed E-state index contributed by atoms with van der Waals surface area (Å²) >= 11 is -1.22. The summed E-state index contributed by atoms with van der Waals surface area (Å²) in [5.74, 6) is 0. The molecule has 1 heteroatoms. The van der Waals surface area contributed by atoms with Crippen LogP contribution in [0.4, 0.5) is 0 Å². The predicted molar refractivity (Wildman–Crippen MR) is 72.8 cm³/mol. The Balaban J connectivity index is 4.53. The van der Waals surface area contributed by atoms with Crippen LogP contribution in [0, 0.1) is 16.2 Å². The molecule has 0 aromatic heterocycles. The van der Waals surface area contributed by atoms with Gasteiger partial charge in [0.25, 0.3) is 0 Å². The molecule has 0 aliphatic carbocycles. The van der Waals surface area contributed by atoms with Gasteiger partial charge in [-0.05, 0) is 0 Å². The SMILES string of the molecule is CC(C)(C)[CH2][Zr]([CH2]C(C)(C)C)[CH2]C(C)(C)C. The van der Waals surface area contributed by atoms with Crippen LogP contribution < -0.4 is 0 Å². The molecule has 0 aliphatic heterocycles. The Morgan fingerprint density at radius 1 is 0.500 bits per heavy atom.